The van der Waals surface area contributed by atoms with Crippen LogP contribution in [-0.4, -0.2) is 33.4 Å². The van der Waals surface area contributed by atoms with Crippen molar-refractivity contribution in [1.29, 1.82) is 0 Å². The van der Waals surface area contributed by atoms with Gasteiger partial charge in [0.15, 0.2) is 5.82 Å². The van der Waals surface area contributed by atoms with Gasteiger partial charge in [-0.15, -0.1) is 0 Å². The average molecular weight is 375 g/mol. The molecule has 0 bridgehead atoms. The molecule has 7 heteroatoms. The van der Waals surface area contributed by atoms with Gasteiger partial charge >= 0.3 is 0 Å². The van der Waals surface area contributed by atoms with E-state index in [1.807, 2.05) is 41.0 Å². The summed E-state index contributed by atoms with van der Waals surface area (Å²) in [7, 11) is 1.72. The smallest absolute Gasteiger partial charge is 0.239 e. The number of pyridine rings is 1. The van der Waals surface area contributed by atoms with Crippen LogP contribution in [0.15, 0.2) is 61.3 Å². The molecule has 0 spiro atoms. The number of benzene rings is 1. The number of carbonyl (C=O) groups is 2. The number of carbonyl (C=O) groups excluding carboxylic acids is 2. The van der Waals surface area contributed by atoms with E-state index in [0.717, 1.165) is 16.8 Å². The fraction of sp³-hybridized carbons (Fsp3) is 0.238. The highest BCUT2D eigenvalue weighted by Crippen LogP contribution is 2.28. The Bertz CT molecular complexity index is 999. The molecule has 0 radical (unpaired) electrons. The van der Waals surface area contributed by atoms with E-state index in [1.54, 1.807) is 36.9 Å². The molecule has 1 aromatic carbocycles. The molecule has 2 amide bonds. The minimum absolute atomic E-state index is 0.196. The first kappa shape index (κ1) is 17.9. The van der Waals surface area contributed by atoms with Crippen molar-refractivity contribution in [2.24, 2.45) is 5.92 Å². The van der Waals surface area contributed by atoms with Crippen LogP contribution >= 0.6 is 0 Å². The maximum atomic E-state index is 12.8. The lowest BCUT2D eigenvalue weighted by Crippen LogP contribution is -2.38. The molecule has 0 fully saturated rings. The first-order chi connectivity index (χ1) is 13.6. The molecule has 1 aliphatic rings. The Kier molecular flexibility index (Phi) is 4.89. The quantitative estimate of drug-likeness (QED) is 0.711. The highest BCUT2D eigenvalue weighted by atomic mass is 16.2. The van der Waals surface area contributed by atoms with E-state index < -0.39 is 5.92 Å². The molecule has 4 rings (SSSR count). The fourth-order valence-electron chi connectivity index (χ4n) is 3.49. The number of rotatable bonds is 4. The van der Waals surface area contributed by atoms with Crippen molar-refractivity contribution < 1.29 is 9.59 Å². The van der Waals surface area contributed by atoms with Crippen molar-refractivity contribution in [2.45, 2.75) is 19.4 Å². The summed E-state index contributed by atoms with van der Waals surface area (Å²) in [6.07, 6.45) is 8.05. The molecule has 2 aromatic heterocycles. The Morgan fingerprint density at radius 2 is 2.00 bits per heavy atom. The highest BCUT2D eigenvalue weighted by Gasteiger charge is 2.33. The average Bonchev–Trinajstić information content (AvgIpc) is 3.10. The highest BCUT2D eigenvalue weighted by molar-refractivity contribution is 6.11. The Morgan fingerprint density at radius 3 is 2.82 bits per heavy atom. The monoisotopic (exact) mass is 375 g/mol. The van der Waals surface area contributed by atoms with Gasteiger partial charge in [0.25, 0.3) is 0 Å². The Labute approximate surface area is 163 Å². The molecule has 0 saturated heterocycles. The minimum Gasteiger partial charge on any atom is -0.331 e. The molecule has 28 heavy (non-hydrogen) atoms. The third kappa shape index (κ3) is 3.64. The Balaban J connectivity index is 1.45. The van der Waals surface area contributed by atoms with Gasteiger partial charge in [-0.05, 0) is 42.2 Å². The lowest BCUT2D eigenvalue weighted by molar-refractivity contribution is -0.130. The molecule has 1 unspecified atom stereocenters. The summed E-state index contributed by atoms with van der Waals surface area (Å²) in [6.45, 7) is 0.631. The maximum absolute atomic E-state index is 12.8. The molecule has 0 aliphatic carbocycles. The predicted octanol–water partition coefficient (Wildman–Crippen LogP) is 2.49. The van der Waals surface area contributed by atoms with E-state index in [1.165, 1.54) is 0 Å². The molecule has 7 nitrogen and oxygen atoms in total. The standard InChI is InChI=1S/C21H21N5O2/c1-25-18-5-3-2-4-16(18)6-7-17(21(25)28)20(27)24-19-13-26(14-23-19)12-15-8-10-22-11-9-15/h2-5,8-11,13-14,17H,6-7,12H2,1H3,(H,24,27). The summed E-state index contributed by atoms with van der Waals surface area (Å²) in [5, 5.41) is 2.79. The van der Waals surface area contributed by atoms with Gasteiger partial charge in [-0.3, -0.25) is 14.6 Å². The van der Waals surface area contributed by atoms with Gasteiger partial charge in [0.1, 0.15) is 5.92 Å². The predicted molar refractivity (Wildman–Crippen MR) is 106 cm³/mol. The zero-order valence-corrected chi connectivity index (χ0v) is 15.6. The topological polar surface area (TPSA) is 80.1 Å². The van der Waals surface area contributed by atoms with Crippen LogP contribution in [0.25, 0.3) is 0 Å². The van der Waals surface area contributed by atoms with Crippen LogP contribution in [0.5, 0.6) is 0 Å². The van der Waals surface area contributed by atoms with E-state index in [-0.39, 0.29) is 11.8 Å². The van der Waals surface area contributed by atoms with Crippen molar-refractivity contribution in [3.05, 3.63) is 72.4 Å². The number of para-hydroxylation sites is 1. The Morgan fingerprint density at radius 1 is 1.21 bits per heavy atom. The largest absolute Gasteiger partial charge is 0.331 e. The third-order valence-electron chi connectivity index (χ3n) is 5.00. The van der Waals surface area contributed by atoms with Crippen molar-refractivity contribution in [3.63, 3.8) is 0 Å². The number of anilines is 2. The molecule has 1 N–H and O–H groups in total. The minimum atomic E-state index is -0.734. The number of hydrogen-bond acceptors (Lipinski definition) is 4. The zero-order valence-electron chi connectivity index (χ0n) is 15.6. The van der Waals surface area contributed by atoms with Gasteiger partial charge in [-0.1, -0.05) is 18.2 Å². The van der Waals surface area contributed by atoms with Crippen LogP contribution in [0.1, 0.15) is 17.5 Å². The summed E-state index contributed by atoms with van der Waals surface area (Å²) >= 11 is 0. The number of amides is 2. The van der Waals surface area contributed by atoms with E-state index in [4.69, 9.17) is 0 Å². The van der Waals surface area contributed by atoms with Gasteiger partial charge in [-0.2, -0.15) is 0 Å². The number of aromatic nitrogens is 3. The molecule has 0 saturated carbocycles. The first-order valence-electron chi connectivity index (χ1n) is 9.19. The van der Waals surface area contributed by atoms with Crippen LogP contribution in [-0.2, 0) is 22.6 Å². The van der Waals surface area contributed by atoms with Crippen molar-refractivity contribution >= 4 is 23.3 Å². The second-order valence-electron chi connectivity index (χ2n) is 6.89. The van der Waals surface area contributed by atoms with E-state index in [9.17, 15) is 9.59 Å². The van der Waals surface area contributed by atoms with Crippen LogP contribution in [0, 0.1) is 5.92 Å². The van der Waals surface area contributed by atoms with Crippen LogP contribution in [0.2, 0.25) is 0 Å². The second-order valence-corrected chi connectivity index (χ2v) is 6.89. The number of nitrogens with zero attached hydrogens (tertiary/aromatic N) is 4. The number of nitrogens with one attached hydrogen (secondary N) is 1. The van der Waals surface area contributed by atoms with Gasteiger partial charge in [0, 0.05) is 37.9 Å². The van der Waals surface area contributed by atoms with E-state index in [2.05, 4.69) is 15.3 Å². The van der Waals surface area contributed by atoms with Crippen molar-refractivity contribution in [2.75, 3.05) is 17.3 Å². The number of fused-ring (bicyclic) bond motifs is 1. The summed E-state index contributed by atoms with van der Waals surface area (Å²) in [5.41, 5.74) is 3.03. The molecular formula is C21H21N5O2. The van der Waals surface area contributed by atoms with Crippen molar-refractivity contribution in [3.8, 4) is 0 Å². The SMILES string of the molecule is CN1C(=O)C(C(=O)Nc2cn(Cc3ccncc3)cn2)CCc2ccccc21. The van der Waals surface area contributed by atoms with Gasteiger partial charge in [0.05, 0.1) is 6.33 Å². The van der Waals surface area contributed by atoms with Crippen LogP contribution < -0.4 is 10.2 Å². The lowest BCUT2D eigenvalue weighted by Gasteiger charge is -2.20. The Hall–Kier alpha value is -3.48. The van der Waals surface area contributed by atoms with E-state index >= 15 is 0 Å². The van der Waals surface area contributed by atoms with Crippen molar-refractivity contribution in [1.82, 2.24) is 14.5 Å². The molecule has 1 atom stereocenters. The first-order valence-corrected chi connectivity index (χ1v) is 9.19. The molecule has 3 aromatic rings. The number of aryl methyl sites for hydroxylation is 1. The van der Waals surface area contributed by atoms with Gasteiger partial charge in [-0.25, -0.2) is 4.98 Å². The normalized spacial score (nSPS) is 16.4. The molecular weight excluding hydrogens is 354 g/mol. The summed E-state index contributed by atoms with van der Waals surface area (Å²) in [5.74, 6) is -0.809. The van der Waals surface area contributed by atoms with Gasteiger partial charge < -0.3 is 14.8 Å². The molecule has 3 heterocycles. The lowest BCUT2D eigenvalue weighted by atomic mass is 9.99. The van der Waals surface area contributed by atoms with Gasteiger partial charge in [0.2, 0.25) is 11.8 Å². The molecule has 1 aliphatic heterocycles. The number of imidazole rings is 1. The summed E-state index contributed by atoms with van der Waals surface area (Å²) in [4.78, 5) is 35.4. The van der Waals surface area contributed by atoms with Crippen LogP contribution in [0.3, 0.4) is 0 Å². The zero-order chi connectivity index (χ0) is 19.5. The maximum Gasteiger partial charge on any atom is 0.239 e. The number of hydrogen-bond donors (Lipinski definition) is 1. The van der Waals surface area contributed by atoms with Crippen LogP contribution in [0.4, 0.5) is 11.5 Å². The fourth-order valence-corrected chi connectivity index (χ4v) is 3.49. The summed E-state index contributed by atoms with van der Waals surface area (Å²) < 4.78 is 1.88. The van der Waals surface area contributed by atoms with E-state index in [0.29, 0.717) is 25.2 Å². The summed E-state index contributed by atoms with van der Waals surface area (Å²) in [6, 6.07) is 11.6. The third-order valence-corrected chi connectivity index (χ3v) is 5.00. The molecule has 142 valence electrons. The second kappa shape index (κ2) is 7.64.